The fourth-order valence-corrected chi connectivity index (χ4v) is 7.84. The summed E-state index contributed by atoms with van der Waals surface area (Å²) < 4.78 is 34.0. The van der Waals surface area contributed by atoms with E-state index in [0.29, 0.717) is 23.5 Å². The molecule has 0 bridgehead atoms. The largest absolute Gasteiger partial charge is 0.355 e. The molecule has 0 saturated carbocycles. The molecule has 1 saturated heterocycles. The van der Waals surface area contributed by atoms with E-state index in [2.05, 4.69) is 26.4 Å². The molecule has 0 radical (unpaired) electrons. The summed E-state index contributed by atoms with van der Waals surface area (Å²) in [6, 6.07) is 9.97. The first-order chi connectivity index (χ1) is 21.9. The molecule has 0 aliphatic carbocycles. The molecule has 1 aliphatic rings. The Bertz CT molecular complexity index is 1610. The molecule has 1 fully saturated rings. The SMILES string of the molecule is CC[C@H]1CN(S(=O)(=O)c2ccc(-c3ccno3)s2)CC(=O)N[C@H](C)C(=O)N[C@@H](CC(C)C)C(=O)N[C@@H](Cc2ccccc2)C(=O)N1. The third kappa shape index (κ3) is 9.01. The summed E-state index contributed by atoms with van der Waals surface area (Å²) in [6.07, 6.45) is 2.22. The molecule has 2 aromatic heterocycles. The summed E-state index contributed by atoms with van der Waals surface area (Å²) in [4.78, 5) is 54.2. The van der Waals surface area contributed by atoms with Gasteiger partial charge in [-0.25, -0.2) is 8.42 Å². The number of rotatable bonds is 8. The van der Waals surface area contributed by atoms with E-state index < -0.39 is 64.4 Å². The van der Waals surface area contributed by atoms with Crippen molar-refractivity contribution in [1.82, 2.24) is 30.7 Å². The van der Waals surface area contributed by atoms with Gasteiger partial charge in [0.1, 0.15) is 22.3 Å². The highest BCUT2D eigenvalue weighted by atomic mass is 32.2. The van der Waals surface area contributed by atoms with E-state index in [-0.39, 0.29) is 23.1 Å². The van der Waals surface area contributed by atoms with Crippen LogP contribution >= 0.6 is 11.3 Å². The molecule has 0 unspecified atom stereocenters. The second kappa shape index (κ2) is 15.5. The molecule has 248 valence electrons. The molecule has 15 heteroatoms. The monoisotopic (exact) mass is 672 g/mol. The summed E-state index contributed by atoms with van der Waals surface area (Å²) >= 11 is 0.953. The number of sulfonamides is 1. The van der Waals surface area contributed by atoms with Crippen LogP contribution in [0.1, 0.15) is 46.1 Å². The van der Waals surface area contributed by atoms with Crippen molar-refractivity contribution in [3.8, 4) is 10.6 Å². The molecule has 13 nitrogen and oxygen atoms in total. The third-order valence-electron chi connectivity index (χ3n) is 7.47. The molecule has 4 amide bonds. The van der Waals surface area contributed by atoms with E-state index in [1.807, 2.05) is 44.2 Å². The fraction of sp³-hybridized carbons (Fsp3) is 0.452. The third-order valence-corrected chi connectivity index (χ3v) is 10.8. The normalized spacial score (nSPS) is 22.7. The second-order valence-corrected chi connectivity index (χ2v) is 14.9. The van der Waals surface area contributed by atoms with Gasteiger partial charge in [0.05, 0.1) is 17.6 Å². The summed E-state index contributed by atoms with van der Waals surface area (Å²) in [6.45, 7) is 6.19. The Morgan fingerprint density at radius 1 is 0.935 bits per heavy atom. The van der Waals surface area contributed by atoms with Crippen LogP contribution in [0.4, 0.5) is 0 Å². The van der Waals surface area contributed by atoms with Crippen molar-refractivity contribution in [2.45, 2.75) is 75.3 Å². The summed E-state index contributed by atoms with van der Waals surface area (Å²) in [5, 5.41) is 14.6. The summed E-state index contributed by atoms with van der Waals surface area (Å²) in [7, 11) is -4.25. The molecule has 1 aromatic carbocycles. The number of nitrogens with zero attached hydrogens (tertiary/aromatic N) is 2. The first kappa shape index (κ1) is 34.8. The standard InChI is InChI=1S/C31H40N6O7S2/c1-5-22-17-37(46(42,43)28-12-11-26(45-28)25-13-14-32-44-25)18-27(38)33-20(4)29(39)35-23(15-19(2)3)31(41)36-24(30(40)34-22)16-21-9-7-6-8-10-21/h6-14,19-20,22-24H,5,15-18H2,1-4H3,(H,33,38)(H,34,40)(H,35,39)(H,36,41)/t20-,22+,23+,24+/m1/s1. The average Bonchev–Trinajstić information content (AvgIpc) is 3.72. The zero-order valence-corrected chi connectivity index (χ0v) is 27.8. The maximum absolute atomic E-state index is 14.0. The van der Waals surface area contributed by atoms with Gasteiger partial charge in [-0.3, -0.25) is 19.2 Å². The molecular weight excluding hydrogens is 633 g/mol. The lowest BCUT2D eigenvalue weighted by atomic mass is 10.0. The van der Waals surface area contributed by atoms with Crippen molar-refractivity contribution >= 4 is 45.0 Å². The van der Waals surface area contributed by atoms with Crippen LogP contribution in [-0.4, -0.2) is 78.8 Å². The lowest BCUT2D eigenvalue weighted by molar-refractivity contribution is -0.133. The predicted octanol–water partition coefficient (Wildman–Crippen LogP) is 2.07. The average molecular weight is 673 g/mol. The van der Waals surface area contributed by atoms with Crippen LogP contribution in [0.15, 0.2) is 63.5 Å². The molecule has 1 aliphatic heterocycles. The molecule has 46 heavy (non-hydrogen) atoms. The number of hydrogen-bond donors (Lipinski definition) is 4. The van der Waals surface area contributed by atoms with Crippen LogP contribution in [0.25, 0.3) is 10.6 Å². The Balaban J connectivity index is 1.69. The molecule has 3 heterocycles. The Morgan fingerprint density at radius 2 is 1.63 bits per heavy atom. The zero-order chi connectivity index (χ0) is 33.4. The topological polar surface area (TPSA) is 180 Å². The van der Waals surface area contributed by atoms with Gasteiger partial charge in [-0.2, -0.15) is 4.31 Å². The van der Waals surface area contributed by atoms with Crippen molar-refractivity contribution in [3.63, 3.8) is 0 Å². The fourth-order valence-electron chi connectivity index (χ4n) is 4.98. The van der Waals surface area contributed by atoms with Crippen molar-refractivity contribution in [2.75, 3.05) is 13.1 Å². The first-order valence-electron chi connectivity index (χ1n) is 15.1. The van der Waals surface area contributed by atoms with Crippen LogP contribution in [0.2, 0.25) is 0 Å². The van der Waals surface area contributed by atoms with Gasteiger partial charge in [0, 0.05) is 25.1 Å². The van der Waals surface area contributed by atoms with Gasteiger partial charge in [0.25, 0.3) is 10.0 Å². The highest BCUT2D eigenvalue weighted by Crippen LogP contribution is 2.32. The van der Waals surface area contributed by atoms with E-state index in [1.165, 1.54) is 19.2 Å². The number of nitrogens with one attached hydrogen (secondary N) is 4. The van der Waals surface area contributed by atoms with E-state index in [1.54, 1.807) is 19.1 Å². The summed E-state index contributed by atoms with van der Waals surface area (Å²) in [5.74, 6) is -1.99. The number of thiophene rings is 1. The number of carbonyl (C=O) groups excluding carboxylic acids is 4. The van der Waals surface area contributed by atoms with E-state index in [9.17, 15) is 27.6 Å². The molecule has 4 rings (SSSR count). The van der Waals surface area contributed by atoms with Gasteiger partial charge in [-0.05, 0) is 43.4 Å². The maximum atomic E-state index is 14.0. The van der Waals surface area contributed by atoms with Gasteiger partial charge >= 0.3 is 0 Å². The highest BCUT2D eigenvalue weighted by molar-refractivity contribution is 7.91. The minimum Gasteiger partial charge on any atom is -0.355 e. The van der Waals surface area contributed by atoms with Crippen molar-refractivity contribution in [3.05, 3.63) is 60.3 Å². The van der Waals surface area contributed by atoms with E-state index in [0.717, 1.165) is 21.2 Å². The van der Waals surface area contributed by atoms with Crippen LogP contribution in [0, 0.1) is 5.92 Å². The van der Waals surface area contributed by atoms with E-state index in [4.69, 9.17) is 4.52 Å². The first-order valence-corrected chi connectivity index (χ1v) is 17.4. The molecule has 0 spiro atoms. The minimum atomic E-state index is -4.25. The predicted molar refractivity (Wildman–Crippen MR) is 172 cm³/mol. The van der Waals surface area contributed by atoms with Gasteiger partial charge in [-0.1, -0.05) is 56.3 Å². The number of hydrogen-bond acceptors (Lipinski definition) is 9. The quantitative estimate of drug-likeness (QED) is 0.281. The Hall–Kier alpha value is -4.08. The lowest BCUT2D eigenvalue weighted by Gasteiger charge is -2.28. The summed E-state index contributed by atoms with van der Waals surface area (Å²) in [5.41, 5.74) is 0.797. The number of amides is 4. The van der Waals surface area contributed by atoms with Gasteiger partial charge in [0.2, 0.25) is 23.6 Å². The Morgan fingerprint density at radius 3 is 2.28 bits per heavy atom. The van der Waals surface area contributed by atoms with E-state index >= 15 is 0 Å². The number of carbonyl (C=O) groups is 4. The van der Waals surface area contributed by atoms with Gasteiger partial charge < -0.3 is 25.8 Å². The van der Waals surface area contributed by atoms with Crippen molar-refractivity contribution < 1.29 is 32.1 Å². The molecule has 3 aromatic rings. The number of benzene rings is 1. The van der Waals surface area contributed by atoms with Gasteiger partial charge in [0.15, 0.2) is 5.76 Å². The molecule has 4 N–H and O–H groups in total. The van der Waals surface area contributed by atoms with Crippen molar-refractivity contribution in [1.29, 1.82) is 0 Å². The van der Waals surface area contributed by atoms with Crippen molar-refractivity contribution in [2.24, 2.45) is 5.92 Å². The highest BCUT2D eigenvalue weighted by Gasteiger charge is 2.34. The Labute approximate surface area is 272 Å². The minimum absolute atomic E-state index is 0.0227. The molecular formula is C31H40N6O7S2. The lowest BCUT2D eigenvalue weighted by Crippen LogP contribution is -2.57. The smallest absolute Gasteiger partial charge is 0.253 e. The zero-order valence-electron chi connectivity index (χ0n) is 26.2. The van der Waals surface area contributed by atoms with Crippen LogP contribution < -0.4 is 21.3 Å². The second-order valence-electron chi connectivity index (χ2n) is 11.6. The molecule has 4 atom stereocenters. The van der Waals surface area contributed by atoms with Crippen LogP contribution in [-0.2, 0) is 35.6 Å². The maximum Gasteiger partial charge on any atom is 0.253 e. The van der Waals surface area contributed by atoms with Gasteiger partial charge in [-0.15, -0.1) is 11.3 Å². The Kier molecular flexibility index (Phi) is 11.7. The van der Waals surface area contributed by atoms with Crippen LogP contribution in [0.3, 0.4) is 0 Å². The van der Waals surface area contributed by atoms with Crippen LogP contribution in [0.5, 0.6) is 0 Å². The number of aromatic nitrogens is 1.